The van der Waals surface area contributed by atoms with Crippen molar-refractivity contribution in [1.29, 1.82) is 0 Å². The topological polar surface area (TPSA) is 216 Å². The molecule has 5 amide bonds. The Hall–Kier alpha value is -4.67. The van der Waals surface area contributed by atoms with Crippen molar-refractivity contribution in [1.82, 2.24) is 20.3 Å². The highest BCUT2D eigenvalue weighted by atomic mass is 32.2. The summed E-state index contributed by atoms with van der Waals surface area (Å²) >= 11 is 0. The van der Waals surface area contributed by atoms with Crippen molar-refractivity contribution in [2.24, 2.45) is 11.3 Å². The molecule has 4 N–H and O–H groups in total. The Morgan fingerprint density at radius 3 is 2.25 bits per heavy atom. The van der Waals surface area contributed by atoms with Crippen molar-refractivity contribution in [3.8, 4) is 0 Å². The van der Waals surface area contributed by atoms with Gasteiger partial charge in [0, 0.05) is 12.3 Å². The lowest BCUT2D eigenvalue weighted by molar-refractivity contribution is -0.143. The summed E-state index contributed by atoms with van der Waals surface area (Å²) in [5.41, 5.74) is -3.22. The van der Waals surface area contributed by atoms with Gasteiger partial charge in [0.05, 0.1) is 29.7 Å². The highest BCUT2D eigenvalue weighted by Crippen LogP contribution is 2.45. The molecule has 3 aliphatic rings. The molecule has 52 heavy (non-hydrogen) atoms. The summed E-state index contributed by atoms with van der Waals surface area (Å²) < 4.78 is 43.4. The van der Waals surface area contributed by atoms with Crippen molar-refractivity contribution < 1.29 is 51.4 Å². The number of amides is 5. The maximum Gasteiger partial charge on any atom is 0.411 e. The van der Waals surface area contributed by atoms with Crippen LogP contribution in [0.5, 0.6) is 0 Å². The molecule has 0 bridgehead atoms. The van der Waals surface area contributed by atoms with E-state index >= 15 is 0 Å². The van der Waals surface area contributed by atoms with E-state index in [9.17, 15) is 37.2 Å². The van der Waals surface area contributed by atoms with E-state index in [1.807, 2.05) is 0 Å². The molecular formula is C35H49N5O11S. The molecule has 0 unspecified atom stereocenters. The number of likely N-dealkylation sites (tertiary alicyclic amines) is 1. The number of benzene rings is 1. The molecule has 3 fully saturated rings. The van der Waals surface area contributed by atoms with Crippen LogP contribution in [0.25, 0.3) is 0 Å². The van der Waals surface area contributed by atoms with E-state index in [-0.39, 0.29) is 37.2 Å². The van der Waals surface area contributed by atoms with Gasteiger partial charge in [-0.05, 0) is 64.5 Å². The number of sulfonamides is 1. The van der Waals surface area contributed by atoms with Crippen molar-refractivity contribution in [3.05, 3.63) is 42.5 Å². The minimum Gasteiger partial charge on any atom is -0.462 e. The van der Waals surface area contributed by atoms with E-state index < -0.39 is 91.8 Å². The molecule has 1 heterocycles. The summed E-state index contributed by atoms with van der Waals surface area (Å²) in [6.07, 6.45) is -0.787. The molecular weight excluding hydrogens is 698 g/mol. The zero-order valence-corrected chi connectivity index (χ0v) is 31.4. The Balaban J connectivity index is 1.60. The average Bonchev–Trinajstić information content (AvgIpc) is 3.95. The number of rotatable bonds is 12. The predicted octanol–water partition coefficient (Wildman–Crippen LogP) is 2.99. The van der Waals surface area contributed by atoms with Gasteiger partial charge in [-0.1, -0.05) is 39.0 Å². The number of ether oxygens (including phenoxy) is 3. The molecule has 286 valence electrons. The number of nitrogens with zero attached hydrogens (tertiary/aromatic N) is 1. The van der Waals surface area contributed by atoms with Crippen LogP contribution in [0, 0.1) is 11.3 Å². The maximum atomic E-state index is 14.3. The number of hydrogen-bond donors (Lipinski definition) is 4. The average molecular weight is 748 g/mol. The first kappa shape index (κ1) is 40.1. The van der Waals surface area contributed by atoms with Crippen LogP contribution in [-0.2, 0) is 38.6 Å². The third-order valence-electron chi connectivity index (χ3n) is 8.80. The second-order valence-electron chi connectivity index (χ2n) is 15.3. The quantitative estimate of drug-likeness (QED) is 0.139. The molecule has 1 aromatic carbocycles. The lowest BCUT2D eigenvalue weighted by Gasteiger charge is -2.36. The number of hydrogen-bond acceptors (Lipinski definition) is 11. The van der Waals surface area contributed by atoms with Gasteiger partial charge in [-0.25, -0.2) is 22.8 Å². The summed E-state index contributed by atoms with van der Waals surface area (Å²) in [6, 6.07) is 3.58. The zero-order chi connectivity index (χ0) is 38.8. The Labute approximate surface area is 303 Å². The summed E-state index contributed by atoms with van der Waals surface area (Å²) in [7, 11) is -3.95. The van der Waals surface area contributed by atoms with E-state index in [1.165, 1.54) is 18.2 Å². The largest absolute Gasteiger partial charge is 0.462 e. The Kier molecular flexibility index (Phi) is 11.7. The maximum absolute atomic E-state index is 14.3. The van der Waals surface area contributed by atoms with Gasteiger partial charge in [0.1, 0.15) is 29.3 Å². The second-order valence-corrected chi connectivity index (χ2v) is 17.2. The standard InChI is InChI=1S/C35H49N5O11S/c1-9-20-18-35(20,30(44)39-52(47,48)22-15-16-22)38-27(41)25-17-21(50-31(45)36-24-14-12-11-13-23(24)29(43)49-10-2)19-40(25)28(42)26(33(3,4)5)37-32(46)51-34(6,7)8/h9,11-14,20-22,25-26H,1,10,15-19H2,2-8H3,(H,36,45)(H,37,46)(H,38,41)(H,39,44)/t20-,21-,25+,26-,35-/m1/s1. The number of esters is 1. The molecule has 0 spiro atoms. The van der Waals surface area contributed by atoms with Crippen LogP contribution in [-0.4, -0.2) is 96.9 Å². The first-order valence-corrected chi connectivity index (χ1v) is 18.7. The fourth-order valence-electron chi connectivity index (χ4n) is 5.90. The molecule has 4 rings (SSSR count). The predicted molar refractivity (Wildman–Crippen MR) is 188 cm³/mol. The van der Waals surface area contributed by atoms with Crippen LogP contribution >= 0.6 is 0 Å². The Morgan fingerprint density at radius 1 is 1.04 bits per heavy atom. The van der Waals surface area contributed by atoms with Gasteiger partial charge in [-0.2, -0.15) is 0 Å². The Bertz CT molecular complexity index is 1710. The number of carbonyl (C=O) groups excluding carboxylic acids is 6. The van der Waals surface area contributed by atoms with Crippen LogP contribution in [0.1, 0.15) is 84.5 Å². The summed E-state index contributed by atoms with van der Waals surface area (Å²) in [6.45, 7) is 15.3. The normalized spacial score (nSPS) is 23.4. The van der Waals surface area contributed by atoms with Crippen LogP contribution in [0.2, 0.25) is 0 Å². The molecule has 5 atom stereocenters. The van der Waals surface area contributed by atoms with Crippen molar-refractivity contribution in [3.63, 3.8) is 0 Å². The van der Waals surface area contributed by atoms with Crippen molar-refractivity contribution in [2.45, 2.75) is 109 Å². The zero-order valence-electron chi connectivity index (χ0n) is 30.6. The molecule has 0 radical (unpaired) electrons. The van der Waals surface area contributed by atoms with Crippen LogP contribution in [0.4, 0.5) is 15.3 Å². The van der Waals surface area contributed by atoms with E-state index in [2.05, 4.69) is 27.3 Å². The fraction of sp³-hybridized carbons (Fsp3) is 0.600. The van der Waals surface area contributed by atoms with Crippen LogP contribution in [0.15, 0.2) is 36.9 Å². The monoisotopic (exact) mass is 747 g/mol. The molecule has 17 heteroatoms. The minimum atomic E-state index is -3.95. The van der Waals surface area contributed by atoms with E-state index in [1.54, 1.807) is 60.6 Å². The number of anilines is 1. The number of para-hydroxylation sites is 1. The SMILES string of the molecule is C=C[C@@H]1C[C@]1(NC(=O)[C@@H]1C[C@@H](OC(=O)Nc2ccccc2C(=O)OCC)CN1C(=O)[C@@H](NC(=O)OC(C)(C)C)C(C)(C)C)C(=O)NS(=O)(=O)C1CC1. The summed E-state index contributed by atoms with van der Waals surface area (Å²) in [4.78, 5) is 81.4. The highest BCUT2D eigenvalue weighted by molar-refractivity contribution is 7.91. The lowest BCUT2D eigenvalue weighted by Crippen LogP contribution is -2.60. The molecule has 2 saturated carbocycles. The third kappa shape index (κ3) is 9.60. The van der Waals surface area contributed by atoms with Crippen molar-refractivity contribution >= 4 is 51.6 Å². The van der Waals surface area contributed by atoms with Crippen LogP contribution < -0.4 is 20.7 Å². The molecule has 1 aliphatic heterocycles. The van der Waals surface area contributed by atoms with E-state index in [0.29, 0.717) is 12.8 Å². The van der Waals surface area contributed by atoms with Gasteiger partial charge in [0.2, 0.25) is 21.8 Å². The third-order valence-corrected chi connectivity index (χ3v) is 10.6. The number of carbonyl (C=O) groups is 6. The highest BCUT2D eigenvalue weighted by Gasteiger charge is 2.62. The van der Waals surface area contributed by atoms with E-state index in [4.69, 9.17) is 14.2 Å². The summed E-state index contributed by atoms with van der Waals surface area (Å²) in [5, 5.41) is 7.11. The molecule has 2 aliphatic carbocycles. The smallest absolute Gasteiger partial charge is 0.411 e. The second kappa shape index (κ2) is 15.1. The molecule has 0 aromatic heterocycles. The van der Waals surface area contributed by atoms with Crippen molar-refractivity contribution in [2.75, 3.05) is 18.5 Å². The lowest BCUT2D eigenvalue weighted by atomic mass is 9.85. The van der Waals surface area contributed by atoms with Crippen LogP contribution in [0.3, 0.4) is 0 Å². The molecule has 1 aromatic rings. The number of alkyl carbamates (subject to hydrolysis) is 1. The Morgan fingerprint density at radius 2 is 1.69 bits per heavy atom. The van der Waals surface area contributed by atoms with Gasteiger partial charge in [0.25, 0.3) is 5.91 Å². The number of nitrogens with one attached hydrogen (secondary N) is 4. The molecule has 1 saturated heterocycles. The molecule has 16 nitrogen and oxygen atoms in total. The minimum absolute atomic E-state index is 0.0714. The summed E-state index contributed by atoms with van der Waals surface area (Å²) in [5.74, 6) is -3.67. The van der Waals surface area contributed by atoms with Gasteiger partial charge < -0.3 is 29.7 Å². The first-order chi connectivity index (χ1) is 24.1. The first-order valence-electron chi connectivity index (χ1n) is 17.2. The van der Waals surface area contributed by atoms with Gasteiger partial charge in [-0.15, -0.1) is 6.58 Å². The van der Waals surface area contributed by atoms with Gasteiger partial charge in [0.15, 0.2) is 0 Å². The van der Waals surface area contributed by atoms with Gasteiger partial charge >= 0.3 is 18.2 Å². The fourth-order valence-corrected chi connectivity index (χ4v) is 7.27. The van der Waals surface area contributed by atoms with E-state index in [0.717, 1.165) is 4.90 Å². The van der Waals surface area contributed by atoms with Gasteiger partial charge in [-0.3, -0.25) is 24.4 Å².